The van der Waals surface area contributed by atoms with Crippen LogP contribution in [0, 0.1) is 5.92 Å². The number of fused-ring (bicyclic) bond motifs is 1. The Morgan fingerprint density at radius 1 is 1.22 bits per heavy atom. The number of amides is 1. The van der Waals surface area contributed by atoms with Gasteiger partial charge in [0.2, 0.25) is 5.91 Å². The molecule has 2 fully saturated rings. The number of rotatable bonds is 2. The maximum absolute atomic E-state index is 12.6. The Bertz CT molecular complexity index is 595. The van der Waals surface area contributed by atoms with Gasteiger partial charge in [-0.3, -0.25) is 4.79 Å². The van der Waals surface area contributed by atoms with Gasteiger partial charge in [0, 0.05) is 25.0 Å². The number of hydrogen-bond acceptors (Lipinski definition) is 4. The third kappa shape index (κ3) is 3.26. The van der Waals surface area contributed by atoms with Gasteiger partial charge in [0.25, 0.3) is 0 Å². The lowest BCUT2D eigenvalue weighted by molar-refractivity contribution is -0.133. The van der Waals surface area contributed by atoms with E-state index >= 15 is 0 Å². The standard InChI is InChI=1S/C17H22N2O3.ClH/c18-12-2-1-5-19(10-12)17(20)14-9-13(14)11-3-4-15-16(8-11)22-7-6-21-15;/h3-4,8,12-14H,1-2,5-7,9-10,18H2;1H. The van der Waals surface area contributed by atoms with Crippen LogP contribution >= 0.6 is 12.4 Å². The van der Waals surface area contributed by atoms with Gasteiger partial charge in [-0.1, -0.05) is 6.07 Å². The molecule has 2 N–H and O–H groups in total. The van der Waals surface area contributed by atoms with Crippen LogP contribution in [-0.2, 0) is 4.79 Å². The second kappa shape index (κ2) is 6.57. The van der Waals surface area contributed by atoms with Gasteiger partial charge in [-0.05, 0) is 42.9 Å². The molecule has 3 aliphatic rings. The van der Waals surface area contributed by atoms with E-state index in [1.807, 2.05) is 17.0 Å². The quantitative estimate of drug-likeness (QED) is 0.895. The van der Waals surface area contributed by atoms with Gasteiger partial charge >= 0.3 is 0 Å². The summed E-state index contributed by atoms with van der Waals surface area (Å²) in [7, 11) is 0. The van der Waals surface area contributed by atoms with Crippen molar-refractivity contribution in [1.29, 1.82) is 0 Å². The Kier molecular flexibility index (Phi) is 4.69. The summed E-state index contributed by atoms with van der Waals surface area (Å²) < 4.78 is 11.2. The Balaban J connectivity index is 0.00000156. The second-order valence-corrected chi connectivity index (χ2v) is 6.54. The number of piperidine rings is 1. The van der Waals surface area contributed by atoms with E-state index in [1.54, 1.807) is 0 Å². The number of nitrogens with two attached hydrogens (primary N) is 1. The first-order valence-electron chi connectivity index (χ1n) is 8.16. The highest BCUT2D eigenvalue weighted by molar-refractivity contribution is 5.85. The average Bonchev–Trinajstić information content (AvgIpc) is 3.34. The van der Waals surface area contributed by atoms with Crippen molar-refractivity contribution in [2.24, 2.45) is 11.7 Å². The molecule has 6 heteroatoms. The SMILES string of the molecule is Cl.NC1CCCN(C(=O)C2CC2c2ccc3c(c2)OCCO3)C1. The van der Waals surface area contributed by atoms with Crippen LogP contribution in [0.3, 0.4) is 0 Å². The molecule has 2 heterocycles. The first-order chi connectivity index (χ1) is 10.7. The Hall–Kier alpha value is -1.46. The highest BCUT2D eigenvalue weighted by Crippen LogP contribution is 2.50. The summed E-state index contributed by atoms with van der Waals surface area (Å²) >= 11 is 0. The van der Waals surface area contributed by atoms with E-state index in [0.717, 1.165) is 37.3 Å². The molecule has 1 aromatic carbocycles. The summed E-state index contributed by atoms with van der Waals surface area (Å²) in [5.74, 6) is 2.33. The van der Waals surface area contributed by atoms with E-state index in [2.05, 4.69) is 6.07 Å². The van der Waals surface area contributed by atoms with Gasteiger partial charge in [0.15, 0.2) is 11.5 Å². The van der Waals surface area contributed by atoms with Crippen LogP contribution in [-0.4, -0.2) is 43.2 Å². The van der Waals surface area contributed by atoms with Gasteiger partial charge < -0.3 is 20.1 Å². The van der Waals surface area contributed by atoms with Crippen LogP contribution in [0.25, 0.3) is 0 Å². The maximum Gasteiger partial charge on any atom is 0.226 e. The molecule has 0 aromatic heterocycles. The zero-order valence-electron chi connectivity index (χ0n) is 13.1. The van der Waals surface area contributed by atoms with Crippen molar-refractivity contribution in [1.82, 2.24) is 4.90 Å². The molecule has 0 spiro atoms. The molecule has 1 aromatic rings. The van der Waals surface area contributed by atoms with Crippen LogP contribution < -0.4 is 15.2 Å². The molecule has 4 rings (SSSR count). The largest absolute Gasteiger partial charge is 0.486 e. The zero-order chi connectivity index (χ0) is 15.1. The third-order valence-electron chi connectivity index (χ3n) is 4.87. The molecular weight excluding hydrogens is 316 g/mol. The van der Waals surface area contributed by atoms with Gasteiger partial charge in [-0.15, -0.1) is 12.4 Å². The van der Waals surface area contributed by atoms with Crippen LogP contribution in [0.2, 0.25) is 0 Å². The van der Waals surface area contributed by atoms with E-state index < -0.39 is 0 Å². The second-order valence-electron chi connectivity index (χ2n) is 6.54. The monoisotopic (exact) mass is 338 g/mol. The minimum Gasteiger partial charge on any atom is -0.486 e. The van der Waals surface area contributed by atoms with Crippen LogP contribution in [0.1, 0.15) is 30.7 Å². The zero-order valence-corrected chi connectivity index (χ0v) is 13.9. The fourth-order valence-electron chi connectivity index (χ4n) is 3.57. The lowest BCUT2D eigenvalue weighted by atomic mass is 10.0. The Morgan fingerprint density at radius 2 is 2.00 bits per heavy atom. The number of hydrogen-bond donors (Lipinski definition) is 1. The van der Waals surface area contributed by atoms with Crippen LogP contribution in [0.4, 0.5) is 0 Å². The first-order valence-corrected chi connectivity index (χ1v) is 8.16. The predicted octanol–water partition coefficient (Wildman–Crippen LogP) is 1.93. The minimum absolute atomic E-state index is 0. The predicted molar refractivity (Wildman–Crippen MR) is 89.3 cm³/mol. The summed E-state index contributed by atoms with van der Waals surface area (Å²) in [6.45, 7) is 2.77. The summed E-state index contributed by atoms with van der Waals surface area (Å²) in [4.78, 5) is 14.5. The molecule has 1 amide bonds. The van der Waals surface area contributed by atoms with Crippen molar-refractivity contribution in [2.45, 2.75) is 31.2 Å². The Morgan fingerprint density at radius 3 is 2.78 bits per heavy atom. The maximum atomic E-state index is 12.6. The number of halogens is 1. The first kappa shape index (κ1) is 16.4. The highest BCUT2D eigenvalue weighted by atomic mass is 35.5. The van der Waals surface area contributed by atoms with Crippen molar-refractivity contribution >= 4 is 18.3 Å². The van der Waals surface area contributed by atoms with Gasteiger partial charge in [0.1, 0.15) is 13.2 Å². The number of carbonyl (C=O) groups excluding carboxylic acids is 1. The molecular formula is C17H23ClN2O3. The third-order valence-corrected chi connectivity index (χ3v) is 4.87. The minimum atomic E-state index is 0. The molecule has 2 aliphatic heterocycles. The van der Waals surface area contributed by atoms with Crippen molar-refractivity contribution in [3.63, 3.8) is 0 Å². The number of benzene rings is 1. The molecule has 0 bridgehead atoms. The van der Waals surface area contributed by atoms with Gasteiger partial charge in [-0.25, -0.2) is 0 Å². The van der Waals surface area contributed by atoms with E-state index in [4.69, 9.17) is 15.2 Å². The molecule has 126 valence electrons. The number of nitrogens with zero attached hydrogens (tertiary/aromatic N) is 1. The van der Waals surface area contributed by atoms with E-state index in [1.165, 1.54) is 5.56 Å². The van der Waals surface area contributed by atoms with E-state index in [9.17, 15) is 4.79 Å². The molecule has 1 saturated heterocycles. The van der Waals surface area contributed by atoms with E-state index in [0.29, 0.717) is 25.7 Å². The normalized spacial score (nSPS) is 28.7. The molecule has 3 unspecified atom stereocenters. The molecule has 5 nitrogen and oxygen atoms in total. The number of ether oxygens (including phenoxy) is 2. The molecule has 1 saturated carbocycles. The number of likely N-dealkylation sites (tertiary alicyclic amines) is 1. The van der Waals surface area contributed by atoms with Gasteiger partial charge in [-0.2, -0.15) is 0 Å². The summed E-state index contributed by atoms with van der Waals surface area (Å²) in [5.41, 5.74) is 7.17. The summed E-state index contributed by atoms with van der Waals surface area (Å²) in [5, 5.41) is 0. The molecule has 3 atom stereocenters. The summed E-state index contributed by atoms with van der Waals surface area (Å²) in [6, 6.07) is 6.20. The fourth-order valence-corrected chi connectivity index (χ4v) is 3.57. The molecule has 1 aliphatic carbocycles. The van der Waals surface area contributed by atoms with Crippen molar-refractivity contribution in [2.75, 3.05) is 26.3 Å². The smallest absolute Gasteiger partial charge is 0.226 e. The van der Waals surface area contributed by atoms with Gasteiger partial charge in [0.05, 0.1) is 0 Å². The summed E-state index contributed by atoms with van der Waals surface area (Å²) in [6.07, 6.45) is 2.98. The van der Waals surface area contributed by atoms with Crippen molar-refractivity contribution in [3.8, 4) is 11.5 Å². The van der Waals surface area contributed by atoms with Crippen molar-refractivity contribution < 1.29 is 14.3 Å². The topological polar surface area (TPSA) is 64.8 Å². The lowest BCUT2D eigenvalue weighted by Crippen LogP contribution is -2.46. The number of carbonyl (C=O) groups is 1. The highest BCUT2D eigenvalue weighted by Gasteiger charge is 2.46. The van der Waals surface area contributed by atoms with Crippen molar-refractivity contribution in [3.05, 3.63) is 23.8 Å². The molecule has 23 heavy (non-hydrogen) atoms. The fraction of sp³-hybridized carbons (Fsp3) is 0.588. The average molecular weight is 339 g/mol. The molecule has 0 radical (unpaired) electrons. The van der Waals surface area contributed by atoms with Crippen LogP contribution in [0.5, 0.6) is 11.5 Å². The Labute approximate surface area is 142 Å². The lowest BCUT2D eigenvalue weighted by Gasteiger charge is -2.31. The van der Waals surface area contributed by atoms with E-state index in [-0.39, 0.29) is 30.3 Å². The van der Waals surface area contributed by atoms with Crippen LogP contribution in [0.15, 0.2) is 18.2 Å².